The number of nitrogens with zero attached hydrogens (tertiary/aromatic N) is 2. The Morgan fingerprint density at radius 2 is 2.00 bits per heavy atom. The molecular formula is C13H12ClN3. The average Bonchev–Trinajstić information content (AvgIpc) is 2.28. The second kappa shape index (κ2) is 4.43. The molecule has 3 rings (SSSR count). The molecule has 1 N–H and O–H groups in total. The average molecular weight is 246 g/mol. The van der Waals surface area contributed by atoms with E-state index >= 15 is 0 Å². The number of hydrogen-bond donors (Lipinski definition) is 1. The van der Waals surface area contributed by atoms with E-state index in [4.69, 9.17) is 11.6 Å². The van der Waals surface area contributed by atoms with Crippen LogP contribution in [0.3, 0.4) is 0 Å². The molecule has 2 aromatic rings. The van der Waals surface area contributed by atoms with Crippen molar-refractivity contribution in [2.24, 2.45) is 0 Å². The molecule has 1 aliphatic rings. The Hall–Kier alpha value is -1.45. The Bertz CT molecular complexity index is 538. The van der Waals surface area contributed by atoms with Gasteiger partial charge in [-0.15, -0.1) is 0 Å². The highest BCUT2D eigenvalue weighted by atomic mass is 35.5. The van der Waals surface area contributed by atoms with E-state index in [-0.39, 0.29) is 0 Å². The molecule has 0 aliphatic carbocycles. The van der Waals surface area contributed by atoms with E-state index in [1.807, 2.05) is 30.3 Å². The van der Waals surface area contributed by atoms with Crippen LogP contribution in [0.25, 0.3) is 11.3 Å². The standard InChI is InChI=1S/C13H12ClN3/c14-11-4-2-1-3-10(11)12-5-6-16-13(17-12)9-7-15-8-9/h1-6,9,15H,7-8H2. The number of benzene rings is 1. The number of hydrogen-bond acceptors (Lipinski definition) is 3. The van der Waals surface area contributed by atoms with Crippen molar-refractivity contribution in [3.05, 3.63) is 47.4 Å². The van der Waals surface area contributed by atoms with Gasteiger partial charge in [0.1, 0.15) is 5.82 Å². The highest BCUT2D eigenvalue weighted by Crippen LogP contribution is 2.26. The molecule has 0 bridgehead atoms. The molecule has 3 nitrogen and oxygen atoms in total. The molecule has 1 saturated heterocycles. The molecule has 0 saturated carbocycles. The van der Waals surface area contributed by atoms with Gasteiger partial charge in [0.2, 0.25) is 0 Å². The lowest BCUT2D eigenvalue weighted by atomic mass is 10.0. The van der Waals surface area contributed by atoms with Crippen LogP contribution in [0, 0.1) is 0 Å². The lowest BCUT2D eigenvalue weighted by Gasteiger charge is -2.25. The Kier molecular flexibility index (Phi) is 2.79. The van der Waals surface area contributed by atoms with Gasteiger partial charge in [0.15, 0.2) is 0 Å². The van der Waals surface area contributed by atoms with Crippen LogP contribution in [0.15, 0.2) is 36.5 Å². The summed E-state index contributed by atoms with van der Waals surface area (Å²) in [6.45, 7) is 1.93. The van der Waals surface area contributed by atoms with Gasteiger partial charge < -0.3 is 5.32 Å². The third-order valence-electron chi connectivity index (χ3n) is 2.97. The first-order valence-electron chi connectivity index (χ1n) is 5.63. The van der Waals surface area contributed by atoms with Crippen molar-refractivity contribution in [3.8, 4) is 11.3 Å². The fourth-order valence-electron chi connectivity index (χ4n) is 1.86. The molecule has 1 aliphatic heterocycles. The molecule has 86 valence electrons. The monoisotopic (exact) mass is 245 g/mol. The van der Waals surface area contributed by atoms with Crippen LogP contribution in [0.5, 0.6) is 0 Å². The fourth-order valence-corrected chi connectivity index (χ4v) is 2.09. The summed E-state index contributed by atoms with van der Waals surface area (Å²) in [5, 5.41) is 3.95. The Labute approximate surface area is 105 Å². The van der Waals surface area contributed by atoms with Crippen molar-refractivity contribution in [1.29, 1.82) is 0 Å². The van der Waals surface area contributed by atoms with Gasteiger partial charge in [0, 0.05) is 35.8 Å². The lowest BCUT2D eigenvalue weighted by molar-refractivity contribution is 0.430. The minimum Gasteiger partial charge on any atom is -0.315 e. The van der Waals surface area contributed by atoms with Crippen molar-refractivity contribution in [2.75, 3.05) is 13.1 Å². The van der Waals surface area contributed by atoms with Gasteiger partial charge in [-0.05, 0) is 12.1 Å². The molecule has 0 radical (unpaired) electrons. The maximum atomic E-state index is 6.17. The maximum absolute atomic E-state index is 6.17. The molecule has 2 heterocycles. The van der Waals surface area contributed by atoms with Gasteiger partial charge in [-0.1, -0.05) is 29.8 Å². The quantitative estimate of drug-likeness (QED) is 0.883. The van der Waals surface area contributed by atoms with Crippen molar-refractivity contribution in [2.45, 2.75) is 5.92 Å². The van der Waals surface area contributed by atoms with E-state index in [0.717, 1.165) is 35.2 Å². The molecular weight excluding hydrogens is 234 g/mol. The zero-order chi connectivity index (χ0) is 11.7. The Morgan fingerprint density at radius 1 is 1.18 bits per heavy atom. The molecule has 0 atom stereocenters. The first-order valence-corrected chi connectivity index (χ1v) is 6.01. The van der Waals surface area contributed by atoms with E-state index in [1.165, 1.54) is 0 Å². The lowest BCUT2D eigenvalue weighted by Crippen LogP contribution is -2.40. The summed E-state index contributed by atoms with van der Waals surface area (Å²) in [4.78, 5) is 8.91. The molecule has 4 heteroatoms. The van der Waals surface area contributed by atoms with Crippen LogP contribution >= 0.6 is 11.6 Å². The SMILES string of the molecule is Clc1ccccc1-c1ccnc(C2CNC2)n1. The Balaban J connectivity index is 2.00. The summed E-state index contributed by atoms with van der Waals surface area (Å²) in [6.07, 6.45) is 1.80. The predicted molar refractivity (Wildman–Crippen MR) is 68.1 cm³/mol. The van der Waals surface area contributed by atoms with E-state index in [0.29, 0.717) is 5.92 Å². The highest BCUT2D eigenvalue weighted by molar-refractivity contribution is 6.33. The highest BCUT2D eigenvalue weighted by Gasteiger charge is 2.21. The van der Waals surface area contributed by atoms with Gasteiger partial charge in [-0.3, -0.25) is 0 Å². The van der Waals surface area contributed by atoms with E-state index in [2.05, 4.69) is 15.3 Å². The normalized spacial score (nSPS) is 15.6. The summed E-state index contributed by atoms with van der Waals surface area (Å²) in [5.74, 6) is 1.35. The summed E-state index contributed by atoms with van der Waals surface area (Å²) in [5.41, 5.74) is 1.86. The van der Waals surface area contributed by atoms with Crippen molar-refractivity contribution < 1.29 is 0 Å². The number of nitrogens with one attached hydrogen (secondary N) is 1. The van der Waals surface area contributed by atoms with Crippen molar-refractivity contribution in [3.63, 3.8) is 0 Å². The van der Waals surface area contributed by atoms with Crippen LogP contribution in [-0.2, 0) is 0 Å². The minimum atomic E-state index is 0.442. The van der Waals surface area contributed by atoms with Crippen molar-refractivity contribution >= 4 is 11.6 Å². The Morgan fingerprint density at radius 3 is 2.71 bits per heavy atom. The molecule has 1 fully saturated rings. The van der Waals surface area contributed by atoms with Gasteiger partial charge in [-0.2, -0.15) is 0 Å². The number of aromatic nitrogens is 2. The summed E-state index contributed by atoms with van der Waals surface area (Å²) < 4.78 is 0. The molecule has 0 spiro atoms. The third kappa shape index (κ3) is 2.04. The second-order valence-corrected chi connectivity index (χ2v) is 4.54. The van der Waals surface area contributed by atoms with E-state index in [1.54, 1.807) is 6.20 Å². The summed E-state index contributed by atoms with van der Waals surface area (Å²) in [7, 11) is 0. The predicted octanol–water partition coefficient (Wildman–Crippen LogP) is 2.48. The summed E-state index contributed by atoms with van der Waals surface area (Å²) in [6, 6.07) is 9.64. The third-order valence-corrected chi connectivity index (χ3v) is 3.30. The topological polar surface area (TPSA) is 37.8 Å². The maximum Gasteiger partial charge on any atom is 0.134 e. The van der Waals surface area contributed by atoms with Crippen LogP contribution in [0.2, 0.25) is 5.02 Å². The smallest absolute Gasteiger partial charge is 0.134 e. The van der Waals surface area contributed by atoms with E-state index in [9.17, 15) is 0 Å². The zero-order valence-corrected chi connectivity index (χ0v) is 9.98. The molecule has 0 unspecified atom stereocenters. The van der Waals surface area contributed by atoms with E-state index < -0.39 is 0 Å². The first-order chi connectivity index (χ1) is 8.34. The summed E-state index contributed by atoms with van der Waals surface area (Å²) >= 11 is 6.17. The molecule has 1 aromatic carbocycles. The van der Waals surface area contributed by atoms with Gasteiger partial charge in [-0.25, -0.2) is 9.97 Å². The molecule has 1 aromatic heterocycles. The largest absolute Gasteiger partial charge is 0.315 e. The van der Waals surface area contributed by atoms with Crippen LogP contribution in [0.1, 0.15) is 11.7 Å². The van der Waals surface area contributed by atoms with Gasteiger partial charge in [0.25, 0.3) is 0 Å². The molecule has 0 amide bonds. The van der Waals surface area contributed by atoms with Crippen LogP contribution in [0.4, 0.5) is 0 Å². The van der Waals surface area contributed by atoms with Gasteiger partial charge >= 0.3 is 0 Å². The van der Waals surface area contributed by atoms with Gasteiger partial charge in [0.05, 0.1) is 5.69 Å². The fraction of sp³-hybridized carbons (Fsp3) is 0.231. The number of halogens is 1. The van der Waals surface area contributed by atoms with Crippen LogP contribution < -0.4 is 5.32 Å². The van der Waals surface area contributed by atoms with Crippen LogP contribution in [-0.4, -0.2) is 23.1 Å². The first kappa shape index (κ1) is 10.7. The molecule has 17 heavy (non-hydrogen) atoms. The second-order valence-electron chi connectivity index (χ2n) is 4.14. The number of rotatable bonds is 2. The minimum absolute atomic E-state index is 0.442. The zero-order valence-electron chi connectivity index (χ0n) is 9.23. The van der Waals surface area contributed by atoms with Crippen molar-refractivity contribution in [1.82, 2.24) is 15.3 Å².